The molecule has 0 unspecified atom stereocenters. The molecule has 156 valence electrons. The number of hydrogen-bond donors (Lipinski definition) is 2. The Balaban J connectivity index is 1.61. The van der Waals surface area contributed by atoms with Gasteiger partial charge in [0.1, 0.15) is 0 Å². The number of amides is 2. The quantitative estimate of drug-likeness (QED) is 0.547. The van der Waals surface area contributed by atoms with Crippen LogP contribution in [0, 0.1) is 6.92 Å². The molecule has 0 atom stereocenters. The number of carbonyl (C=O) groups is 2. The summed E-state index contributed by atoms with van der Waals surface area (Å²) in [7, 11) is 1.59. The van der Waals surface area contributed by atoms with Gasteiger partial charge in [0.15, 0.2) is 0 Å². The summed E-state index contributed by atoms with van der Waals surface area (Å²) in [5, 5.41) is 5.52. The van der Waals surface area contributed by atoms with Crippen LogP contribution in [0.4, 0.5) is 5.69 Å². The zero-order chi connectivity index (χ0) is 21.3. The molecule has 1 aromatic heterocycles. The van der Waals surface area contributed by atoms with E-state index in [2.05, 4.69) is 46.7 Å². The maximum Gasteiger partial charge on any atom is 0.251 e. The molecule has 2 amide bonds. The predicted octanol–water partition coefficient (Wildman–Crippen LogP) is 4.10. The Morgan fingerprint density at radius 2 is 1.70 bits per heavy atom. The van der Waals surface area contributed by atoms with Gasteiger partial charge in [-0.25, -0.2) is 0 Å². The third kappa shape index (κ3) is 6.54. The molecular formula is C24H27N3O2S. The first-order chi connectivity index (χ1) is 14.5. The standard InChI is InChI=1S/C24H27N3O2S/c1-18-8-13-22(30-18)16-27(15-14-19-6-4-3-5-7-19)17-23(28)26-21-11-9-20(10-12-21)24(29)25-2/h3-13H,14-17H2,1-2H3,(H,25,29)(H,26,28). The maximum absolute atomic E-state index is 12.7. The van der Waals surface area contributed by atoms with E-state index in [1.54, 1.807) is 42.6 Å². The number of carbonyl (C=O) groups excluding carboxylic acids is 2. The largest absolute Gasteiger partial charge is 0.355 e. The smallest absolute Gasteiger partial charge is 0.251 e. The summed E-state index contributed by atoms with van der Waals surface area (Å²) in [5.41, 5.74) is 2.51. The van der Waals surface area contributed by atoms with Crippen molar-refractivity contribution in [3.8, 4) is 0 Å². The van der Waals surface area contributed by atoms with Gasteiger partial charge in [0.05, 0.1) is 6.54 Å². The molecule has 0 radical (unpaired) electrons. The molecule has 0 bridgehead atoms. The number of nitrogens with one attached hydrogen (secondary N) is 2. The molecule has 3 aromatic rings. The van der Waals surface area contributed by atoms with E-state index in [1.807, 2.05) is 18.2 Å². The minimum Gasteiger partial charge on any atom is -0.355 e. The molecule has 0 saturated heterocycles. The molecule has 30 heavy (non-hydrogen) atoms. The van der Waals surface area contributed by atoms with Crippen LogP contribution in [-0.2, 0) is 17.8 Å². The van der Waals surface area contributed by atoms with E-state index in [0.29, 0.717) is 17.8 Å². The lowest BCUT2D eigenvalue weighted by Gasteiger charge is -2.21. The lowest BCUT2D eigenvalue weighted by molar-refractivity contribution is -0.117. The topological polar surface area (TPSA) is 61.4 Å². The second kappa shape index (κ2) is 10.7. The monoisotopic (exact) mass is 421 g/mol. The molecule has 0 spiro atoms. The fourth-order valence-corrected chi connectivity index (χ4v) is 4.12. The minimum atomic E-state index is -0.147. The summed E-state index contributed by atoms with van der Waals surface area (Å²) in [6.07, 6.45) is 0.888. The Bertz CT molecular complexity index is 968. The highest BCUT2D eigenvalue weighted by Crippen LogP contribution is 2.18. The molecule has 0 fully saturated rings. The van der Waals surface area contributed by atoms with Gasteiger partial charge in [0.25, 0.3) is 5.91 Å². The highest BCUT2D eigenvalue weighted by Gasteiger charge is 2.13. The summed E-state index contributed by atoms with van der Waals surface area (Å²) in [6, 6.07) is 21.5. The third-order valence-electron chi connectivity index (χ3n) is 4.76. The van der Waals surface area contributed by atoms with Crippen LogP contribution < -0.4 is 10.6 Å². The van der Waals surface area contributed by atoms with Gasteiger partial charge in [-0.15, -0.1) is 11.3 Å². The fourth-order valence-electron chi connectivity index (χ4n) is 3.19. The molecule has 2 aromatic carbocycles. The molecule has 2 N–H and O–H groups in total. The lowest BCUT2D eigenvalue weighted by atomic mass is 10.1. The van der Waals surface area contributed by atoms with Crippen LogP contribution in [0.25, 0.3) is 0 Å². The van der Waals surface area contributed by atoms with Gasteiger partial charge in [-0.3, -0.25) is 14.5 Å². The first-order valence-electron chi connectivity index (χ1n) is 9.97. The van der Waals surface area contributed by atoms with Crippen molar-refractivity contribution in [1.82, 2.24) is 10.2 Å². The zero-order valence-corrected chi connectivity index (χ0v) is 18.2. The van der Waals surface area contributed by atoms with Crippen LogP contribution in [0.3, 0.4) is 0 Å². The fraction of sp³-hybridized carbons (Fsp3) is 0.250. The number of nitrogens with zero attached hydrogens (tertiary/aromatic N) is 1. The number of aryl methyl sites for hydroxylation is 1. The van der Waals surface area contributed by atoms with Gasteiger partial charge in [0, 0.05) is 41.1 Å². The molecule has 0 aliphatic rings. The van der Waals surface area contributed by atoms with Gasteiger partial charge < -0.3 is 10.6 Å². The Hall–Kier alpha value is -2.96. The summed E-state index contributed by atoms with van der Waals surface area (Å²) in [4.78, 5) is 29.0. The van der Waals surface area contributed by atoms with Crippen LogP contribution >= 0.6 is 11.3 Å². The minimum absolute atomic E-state index is 0.0657. The van der Waals surface area contributed by atoms with Crippen LogP contribution in [0.5, 0.6) is 0 Å². The molecule has 0 saturated carbocycles. The molecule has 0 aliphatic carbocycles. The van der Waals surface area contributed by atoms with Crippen LogP contribution in [0.2, 0.25) is 0 Å². The van der Waals surface area contributed by atoms with Crippen molar-refractivity contribution in [2.75, 3.05) is 25.5 Å². The molecule has 6 heteroatoms. The van der Waals surface area contributed by atoms with Crippen LogP contribution in [-0.4, -0.2) is 36.9 Å². The van der Waals surface area contributed by atoms with Crippen molar-refractivity contribution in [2.24, 2.45) is 0 Å². The highest BCUT2D eigenvalue weighted by molar-refractivity contribution is 7.11. The summed E-state index contributed by atoms with van der Waals surface area (Å²) in [6.45, 7) is 3.94. The summed E-state index contributed by atoms with van der Waals surface area (Å²) in [5.74, 6) is -0.213. The Morgan fingerprint density at radius 1 is 0.967 bits per heavy atom. The first kappa shape index (κ1) is 21.7. The van der Waals surface area contributed by atoms with Crippen LogP contribution in [0.1, 0.15) is 25.7 Å². The van der Waals surface area contributed by atoms with Gasteiger partial charge in [-0.1, -0.05) is 30.3 Å². The molecule has 1 heterocycles. The Kier molecular flexibility index (Phi) is 7.76. The average molecular weight is 422 g/mol. The molecule has 3 rings (SSSR count). The second-order valence-corrected chi connectivity index (χ2v) is 8.54. The van der Waals surface area contributed by atoms with Crippen molar-refractivity contribution < 1.29 is 9.59 Å². The van der Waals surface area contributed by atoms with Crippen molar-refractivity contribution in [3.63, 3.8) is 0 Å². The second-order valence-electron chi connectivity index (χ2n) is 7.16. The Morgan fingerprint density at radius 3 is 2.33 bits per heavy atom. The number of thiophene rings is 1. The number of benzene rings is 2. The van der Waals surface area contributed by atoms with E-state index < -0.39 is 0 Å². The summed E-state index contributed by atoms with van der Waals surface area (Å²) < 4.78 is 0. The molecule has 5 nitrogen and oxygen atoms in total. The van der Waals surface area contributed by atoms with Crippen molar-refractivity contribution in [2.45, 2.75) is 19.9 Å². The van der Waals surface area contributed by atoms with Crippen molar-refractivity contribution >= 4 is 28.8 Å². The van der Waals surface area contributed by atoms with Crippen LogP contribution in [0.15, 0.2) is 66.7 Å². The predicted molar refractivity (Wildman–Crippen MR) is 123 cm³/mol. The van der Waals surface area contributed by atoms with Crippen molar-refractivity contribution in [1.29, 1.82) is 0 Å². The highest BCUT2D eigenvalue weighted by atomic mass is 32.1. The average Bonchev–Trinajstić information content (AvgIpc) is 3.17. The van der Waals surface area contributed by atoms with E-state index in [-0.39, 0.29) is 11.8 Å². The number of rotatable bonds is 9. The molecule has 0 aliphatic heterocycles. The van der Waals surface area contributed by atoms with E-state index >= 15 is 0 Å². The Labute approximate surface area is 181 Å². The normalized spacial score (nSPS) is 10.8. The maximum atomic E-state index is 12.7. The SMILES string of the molecule is CNC(=O)c1ccc(NC(=O)CN(CCc2ccccc2)Cc2ccc(C)s2)cc1. The third-order valence-corrected chi connectivity index (χ3v) is 5.75. The van der Waals surface area contributed by atoms with E-state index in [0.717, 1.165) is 19.5 Å². The number of hydrogen-bond acceptors (Lipinski definition) is 4. The summed E-state index contributed by atoms with van der Waals surface area (Å²) >= 11 is 1.76. The van der Waals surface area contributed by atoms with E-state index in [4.69, 9.17) is 0 Å². The van der Waals surface area contributed by atoms with Gasteiger partial charge >= 0.3 is 0 Å². The van der Waals surface area contributed by atoms with Gasteiger partial charge in [-0.05, 0) is 55.3 Å². The zero-order valence-electron chi connectivity index (χ0n) is 17.4. The molecular weight excluding hydrogens is 394 g/mol. The van der Waals surface area contributed by atoms with Gasteiger partial charge in [-0.2, -0.15) is 0 Å². The van der Waals surface area contributed by atoms with Gasteiger partial charge in [0.2, 0.25) is 5.91 Å². The van der Waals surface area contributed by atoms with E-state index in [9.17, 15) is 9.59 Å². The van der Waals surface area contributed by atoms with Crippen molar-refractivity contribution in [3.05, 3.63) is 87.6 Å². The first-order valence-corrected chi connectivity index (χ1v) is 10.8. The van der Waals surface area contributed by atoms with E-state index in [1.165, 1.54) is 15.3 Å². The number of anilines is 1. The lowest BCUT2D eigenvalue weighted by Crippen LogP contribution is -2.34.